The van der Waals surface area contributed by atoms with Crippen LogP contribution in [0.15, 0.2) is 18.2 Å². The Morgan fingerprint density at radius 2 is 2.00 bits per heavy atom. The predicted octanol–water partition coefficient (Wildman–Crippen LogP) is 2.40. The van der Waals surface area contributed by atoms with E-state index < -0.39 is 11.5 Å². The molecule has 1 saturated carbocycles. The normalized spacial score (nSPS) is 17.0. The number of esters is 1. The zero-order chi connectivity index (χ0) is 16.2. The van der Waals surface area contributed by atoms with E-state index in [2.05, 4.69) is 5.32 Å². The minimum Gasteiger partial charge on any atom is -0.465 e. The summed E-state index contributed by atoms with van der Waals surface area (Å²) in [6.07, 6.45) is 4.54. The molecule has 0 aliphatic heterocycles. The van der Waals surface area contributed by atoms with Gasteiger partial charge in [-0.15, -0.1) is 0 Å². The van der Waals surface area contributed by atoms with E-state index in [1.165, 1.54) is 7.11 Å². The molecule has 120 valence electrons. The van der Waals surface area contributed by atoms with Crippen molar-refractivity contribution in [2.24, 2.45) is 5.73 Å². The number of rotatable bonds is 5. The van der Waals surface area contributed by atoms with Crippen LogP contribution < -0.4 is 11.1 Å². The molecule has 2 rings (SSSR count). The molecule has 0 unspecified atom stereocenters. The van der Waals surface area contributed by atoms with Crippen molar-refractivity contribution in [1.29, 1.82) is 0 Å². The number of amides is 1. The summed E-state index contributed by atoms with van der Waals surface area (Å²) in [6.45, 7) is 0.382. The number of nitrogens with one attached hydrogen (secondary N) is 1. The van der Waals surface area contributed by atoms with Crippen LogP contribution in [-0.4, -0.2) is 24.5 Å². The summed E-state index contributed by atoms with van der Waals surface area (Å²) in [5.41, 5.74) is 6.09. The van der Waals surface area contributed by atoms with Crippen LogP contribution in [0, 0.1) is 0 Å². The molecule has 0 heterocycles. The highest BCUT2D eigenvalue weighted by Crippen LogP contribution is 2.29. The second-order valence-electron chi connectivity index (χ2n) is 5.66. The number of halogens is 1. The van der Waals surface area contributed by atoms with Gasteiger partial charge in [0, 0.05) is 11.6 Å². The van der Waals surface area contributed by atoms with Gasteiger partial charge in [0.2, 0.25) is 5.91 Å². The monoisotopic (exact) mass is 324 g/mol. The molecule has 1 aliphatic rings. The molecule has 6 heteroatoms. The van der Waals surface area contributed by atoms with Crippen LogP contribution in [0.4, 0.5) is 0 Å². The van der Waals surface area contributed by atoms with Crippen molar-refractivity contribution in [2.75, 3.05) is 7.11 Å². The smallest absolute Gasteiger partial charge is 0.337 e. The Balaban J connectivity index is 2.15. The van der Waals surface area contributed by atoms with Crippen LogP contribution >= 0.6 is 11.6 Å². The van der Waals surface area contributed by atoms with Crippen molar-refractivity contribution in [3.63, 3.8) is 0 Å². The third kappa shape index (κ3) is 3.59. The molecule has 1 fully saturated rings. The summed E-state index contributed by atoms with van der Waals surface area (Å²) in [6, 6.07) is 4.95. The number of hydrogen-bond acceptors (Lipinski definition) is 4. The van der Waals surface area contributed by atoms with Gasteiger partial charge in [-0.3, -0.25) is 10.1 Å². The second kappa shape index (κ2) is 7.11. The van der Waals surface area contributed by atoms with Crippen molar-refractivity contribution in [3.8, 4) is 0 Å². The Bertz CT molecular complexity index is 569. The van der Waals surface area contributed by atoms with Gasteiger partial charge in [0.25, 0.3) is 0 Å². The highest BCUT2D eigenvalue weighted by atomic mass is 35.5. The number of benzene rings is 1. The van der Waals surface area contributed by atoms with Crippen LogP contribution in [0.25, 0.3) is 0 Å². The van der Waals surface area contributed by atoms with Crippen LogP contribution in [0.3, 0.4) is 0 Å². The highest BCUT2D eigenvalue weighted by Gasteiger charge is 2.37. The summed E-state index contributed by atoms with van der Waals surface area (Å²) in [4.78, 5) is 23.5. The van der Waals surface area contributed by atoms with Gasteiger partial charge < -0.3 is 10.5 Å². The van der Waals surface area contributed by atoms with Crippen LogP contribution in [0.2, 0.25) is 5.02 Å². The van der Waals surface area contributed by atoms with E-state index in [4.69, 9.17) is 22.1 Å². The summed E-state index contributed by atoms with van der Waals surface area (Å²) >= 11 is 6.18. The minimum atomic E-state index is -0.678. The number of nitrogens with two attached hydrogens (primary N) is 1. The van der Waals surface area contributed by atoms with Crippen molar-refractivity contribution in [3.05, 3.63) is 34.3 Å². The molecule has 3 N–H and O–H groups in total. The SMILES string of the molecule is COC(=O)c1ccc(Cl)c(CNC2(C(N)=O)CCCCC2)c1. The first-order valence-corrected chi connectivity index (χ1v) is 7.78. The van der Waals surface area contributed by atoms with Crippen molar-refractivity contribution >= 4 is 23.5 Å². The first kappa shape index (κ1) is 16.8. The van der Waals surface area contributed by atoms with Crippen LogP contribution in [0.5, 0.6) is 0 Å². The molecule has 1 aliphatic carbocycles. The average molecular weight is 325 g/mol. The standard InChI is InChI=1S/C16H21ClN2O3/c1-22-14(20)11-5-6-13(17)12(9-11)10-19-16(15(18)21)7-3-2-4-8-16/h5-6,9,19H,2-4,7-8,10H2,1H3,(H2,18,21). The zero-order valence-corrected chi connectivity index (χ0v) is 13.4. The number of ether oxygens (including phenoxy) is 1. The van der Waals surface area contributed by atoms with E-state index >= 15 is 0 Å². The Labute approximate surface area is 135 Å². The fourth-order valence-electron chi connectivity index (χ4n) is 2.89. The van der Waals surface area contributed by atoms with Gasteiger partial charge >= 0.3 is 5.97 Å². The fourth-order valence-corrected chi connectivity index (χ4v) is 3.07. The summed E-state index contributed by atoms with van der Waals surface area (Å²) in [5.74, 6) is -0.743. The molecule has 0 radical (unpaired) electrons. The minimum absolute atomic E-state index is 0.326. The number of carbonyl (C=O) groups excluding carboxylic acids is 2. The van der Waals surface area contributed by atoms with Crippen molar-refractivity contribution < 1.29 is 14.3 Å². The Kier molecular flexibility index (Phi) is 5.42. The van der Waals surface area contributed by atoms with E-state index in [-0.39, 0.29) is 5.91 Å². The number of hydrogen-bond donors (Lipinski definition) is 2. The van der Waals surface area contributed by atoms with E-state index in [1.807, 2.05) is 0 Å². The summed E-state index contributed by atoms with van der Waals surface area (Å²) in [5, 5.41) is 3.80. The molecule has 0 atom stereocenters. The fraction of sp³-hybridized carbons (Fsp3) is 0.500. The van der Waals surface area contributed by atoms with Gasteiger partial charge in [0.1, 0.15) is 0 Å². The average Bonchev–Trinajstić information content (AvgIpc) is 2.54. The number of carbonyl (C=O) groups is 2. The highest BCUT2D eigenvalue weighted by molar-refractivity contribution is 6.31. The predicted molar refractivity (Wildman–Crippen MR) is 84.6 cm³/mol. The van der Waals surface area contributed by atoms with Crippen molar-refractivity contribution in [1.82, 2.24) is 5.32 Å². The van der Waals surface area contributed by atoms with Crippen LogP contribution in [0.1, 0.15) is 48.0 Å². The molecule has 0 bridgehead atoms. The Morgan fingerprint density at radius 1 is 1.32 bits per heavy atom. The molecule has 0 spiro atoms. The Hall–Kier alpha value is -1.59. The molecule has 1 amide bonds. The van der Waals surface area contributed by atoms with E-state index in [1.54, 1.807) is 18.2 Å². The molecule has 0 saturated heterocycles. The zero-order valence-electron chi connectivity index (χ0n) is 12.7. The maximum Gasteiger partial charge on any atom is 0.337 e. The largest absolute Gasteiger partial charge is 0.465 e. The summed E-state index contributed by atoms with van der Waals surface area (Å²) in [7, 11) is 1.33. The molecular weight excluding hydrogens is 304 g/mol. The maximum atomic E-state index is 11.9. The lowest BCUT2D eigenvalue weighted by molar-refractivity contribution is -0.125. The first-order valence-electron chi connectivity index (χ1n) is 7.40. The molecule has 22 heavy (non-hydrogen) atoms. The topological polar surface area (TPSA) is 81.4 Å². The molecule has 5 nitrogen and oxygen atoms in total. The molecule has 1 aromatic carbocycles. The quantitative estimate of drug-likeness (QED) is 0.815. The first-order chi connectivity index (χ1) is 10.5. The van der Waals surface area contributed by atoms with Gasteiger partial charge in [-0.2, -0.15) is 0 Å². The van der Waals surface area contributed by atoms with E-state index in [9.17, 15) is 9.59 Å². The van der Waals surface area contributed by atoms with Crippen LogP contribution in [-0.2, 0) is 16.1 Å². The van der Waals surface area contributed by atoms with E-state index in [0.29, 0.717) is 17.1 Å². The van der Waals surface area contributed by atoms with Gasteiger partial charge in [-0.1, -0.05) is 30.9 Å². The number of primary amides is 1. The third-order valence-corrected chi connectivity index (χ3v) is 4.63. The third-order valence-electron chi connectivity index (χ3n) is 4.26. The van der Waals surface area contributed by atoms with Gasteiger partial charge in [0.05, 0.1) is 18.2 Å². The van der Waals surface area contributed by atoms with Gasteiger partial charge in [-0.25, -0.2) is 4.79 Å². The number of methoxy groups -OCH3 is 1. The summed E-state index contributed by atoms with van der Waals surface area (Å²) < 4.78 is 4.71. The molecule has 1 aromatic rings. The molecule has 0 aromatic heterocycles. The van der Waals surface area contributed by atoms with E-state index in [0.717, 1.165) is 37.7 Å². The maximum absolute atomic E-state index is 11.9. The lowest BCUT2D eigenvalue weighted by Crippen LogP contribution is -2.56. The second-order valence-corrected chi connectivity index (χ2v) is 6.07. The lowest BCUT2D eigenvalue weighted by atomic mass is 9.81. The lowest BCUT2D eigenvalue weighted by Gasteiger charge is -2.35. The Morgan fingerprint density at radius 3 is 2.59 bits per heavy atom. The van der Waals surface area contributed by atoms with Gasteiger partial charge in [0.15, 0.2) is 0 Å². The van der Waals surface area contributed by atoms with Gasteiger partial charge in [-0.05, 0) is 36.6 Å². The molecular formula is C16H21ClN2O3. The van der Waals surface area contributed by atoms with Crippen molar-refractivity contribution in [2.45, 2.75) is 44.2 Å².